The molecule has 0 spiro atoms. The van der Waals surface area contributed by atoms with Crippen molar-refractivity contribution < 1.29 is 4.39 Å². The second-order valence-corrected chi connectivity index (χ2v) is 4.51. The summed E-state index contributed by atoms with van der Waals surface area (Å²) in [6.45, 7) is 9.84. The number of hydrogen-bond acceptors (Lipinski definition) is 2. The van der Waals surface area contributed by atoms with Crippen molar-refractivity contribution in [1.82, 2.24) is 4.90 Å². The van der Waals surface area contributed by atoms with Crippen LogP contribution in [0.15, 0.2) is 36.0 Å². The zero-order valence-corrected chi connectivity index (χ0v) is 10.9. The number of nitrogens with zero attached hydrogens (tertiary/aromatic N) is 1. The fourth-order valence-corrected chi connectivity index (χ4v) is 2.11. The highest BCUT2D eigenvalue weighted by Crippen LogP contribution is 2.29. The monoisotopic (exact) mass is 238 g/mol. The molecule has 1 unspecified atom stereocenters. The molecule has 0 saturated carbocycles. The van der Waals surface area contributed by atoms with Gasteiger partial charge in [0.2, 0.25) is 0 Å². The lowest BCUT2D eigenvalue weighted by molar-refractivity contribution is 0.345. The van der Waals surface area contributed by atoms with E-state index in [4.69, 9.17) is 5.73 Å². The van der Waals surface area contributed by atoms with Crippen LogP contribution in [0.3, 0.4) is 0 Å². The van der Waals surface area contributed by atoms with Crippen molar-refractivity contribution in [3.63, 3.8) is 0 Å². The first-order valence-corrected chi connectivity index (χ1v) is 6.36. The van der Waals surface area contributed by atoms with Crippen LogP contribution < -0.4 is 5.73 Å². The van der Waals surface area contributed by atoms with Gasteiger partial charge in [0.25, 0.3) is 0 Å². The van der Waals surface area contributed by atoms with E-state index in [1.807, 2.05) is 0 Å². The quantitative estimate of drug-likeness (QED) is 0.769. The second-order valence-electron chi connectivity index (χ2n) is 4.51. The maximum atomic E-state index is 13.8. The Balaban J connectivity index is 2.76. The summed E-state index contributed by atoms with van der Waals surface area (Å²) in [5, 5.41) is 0. The maximum absolute atomic E-state index is 13.8. The van der Waals surface area contributed by atoms with Crippen molar-refractivity contribution in [3.8, 4) is 0 Å². The molecule has 0 bridgehead atoms. The highest BCUT2D eigenvalue weighted by Gasteiger charge is 2.21. The van der Waals surface area contributed by atoms with Gasteiger partial charge >= 0.3 is 0 Å². The molecule has 0 aromatic carbocycles. The number of nitrogens with two attached hydrogens (primary N) is 1. The second kappa shape index (κ2) is 6.48. The minimum absolute atomic E-state index is 0.160. The van der Waals surface area contributed by atoms with Gasteiger partial charge in [0, 0.05) is 24.5 Å². The smallest absolute Gasteiger partial charge is 0.111 e. The van der Waals surface area contributed by atoms with E-state index in [1.165, 1.54) is 0 Å². The van der Waals surface area contributed by atoms with Crippen molar-refractivity contribution in [2.45, 2.75) is 33.1 Å². The van der Waals surface area contributed by atoms with Gasteiger partial charge in [-0.25, -0.2) is 4.39 Å². The molecule has 1 rings (SSSR count). The molecule has 3 heteroatoms. The van der Waals surface area contributed by atoms with Crippen LogP contribution in [0.4, 0.5) is 4.39 Å². The van der Waals surface area contributed by atoms with E-state index in [2.05, 4.69) is 31.4 Å². The highest BCUT2D eigenvalue weighted by molar-refractivity contribution is 5.29. The van der Waals surface area contributed by atoms with Gasteiger partial charge in [-0.05, 0) is 25.3 Å². The minimum Gasteiger partial charge on any atom is -0.402 e. The summed E-state index contributed by atoms with van der Waals surface area (Å²) < 4.78 is 13.8. The number of allylic oxidation sites excluding steroid dienone is 3. The third kappa shape index (κ3) is 3.62. The van der Waals surface area contributed by atoms with Gasteiger partial charge in [-0.2, -0.15) is 0 Å². The Bertz CT molecular complexity index is 325. The summed E-state index contributed by atoms with van der Waals surface area (Å²) in [7, 11) is 0. The van der Waals surface area contributed by atoms with Gasteiger partial charge in [-0.15, -0.1) is 0 Å². The van der Waals surface area contributed by atoms with Crippen molar-refractivity contribution in [2.75, 3.05) is 13.1 Å². The number of rotatable bonds is 6. The highest BCUT2D eigenvalue weighted by atomic mass is 19.1. The summed E-state index contributed by atoms with van der Waals surface area (Å²) in [4.78, 5) is 2.23. The van der Waals surface area contributed by atoms with Gasteiger partial charge in [-0.1, -0.05) is 26.5 Å². The van der Waals surface area contributed by atoms with Crippen molar-refractivity contribution in [2.24, 2.45) is 11.7 Å². The molecule has 2 nitrogen and oxygen atoms in total. The third-order valence-electron chi connectivity index (χ3n) is 2.98. The van der Waals surface area contributed by atoms with Crippen LogP contribution in [-0.4, -0.2) is 18.0 Å². The average Bonchev–Trinajstić information content (AvgIpc) is 2.28. The fraction of sp³-hybridized carbons (Fsp3) is 0.571. The fourth-order valence-electron chi connectivity index (χ4n) is 2.11. The van der Waals surface area contributed by atoms with E-state index < -0.39 is 0 Å². The Morgan fingerprint density at radius 3 is 2.47 bits per heavy atom. The lowest BCUT2D eigenvalue weighted by Crippen LogP contribution is -2.26. The lowest BCUT2D eigenvalue weighted by atomic mass is 9.95. The Morgan fingerprint density at radius 1 is 1.47 bits per heavy atom. The van der Waals surface area contributed by atoms with Gasteiger partial charge in [0.05, 0.1) is 5.92 Å². The van der Waals surface area contributed by atoms with E-state index in [1.54, 1.807) is 6.08 Å². The summed E-state index contributed by atoms with van der Waals surface area (Å²) in [6, 6.07) is 0. The minimum atomic E-state index is -0.330. The Morgan fingerprint density at radius 2 is 2.06 bits per heavy atom. The van der Waals surface area contributed by atoms with Gasteiger partial charge < -0.3 is 10.6 Å². The predicted octanol–water partition coefficient (Wildman–Crippen LogP) is 3.34. The third-order valence-corrected chi connectivity index (χ3v) is 2.98. The first-order chi connectivity index (χ1) is 8.10. The standard InChI is InChI=1S/C14H23FN2/c1-4-8-17(9-5-2)12-6-7-13(11(3)16)14(15)10-12/h6,10,13H,3-5,7-9,16H2,1-2H3. The van der Waals surface area contributed by atoms with Crippen LogP contribution >= 0.6 is 0 Å². The topological polar surface area (TPSA) is 29.3 Å². The molecule has 0 aromatic rings. The number of hydrogen-bond donors (Lipinski definition) is 1. The van der Waals surface area contributed by atoms with Crippen LogP contribution in [0.5, 0.6) is 0 Å². The predicted molar refractivity (Wildman–Crippen MR) is 70.9 cm³/mol. The van der Waals surface area contributed by atoms with E-state index >= 15 is 0 Å². The van der Waals surface area contributed by atoms with E-state index in [0.717, 1.165) is 31.6 Å². The van der Waals surface area contributed by atoms with Crippen LogP contribution in [0.25, 0.3) is 0 Å². The Kier molecular flexibility index (Phi) is 5.26. The molecule has 1 aliphatic carbocycles. The Hall–Kier alpha value is -1.25. The molecule has 96 valence electrons. The molecule has 0 aromatic heterocycles. The summed E-state index contributed by atoms with van der Waals surface area (Å²) >= 11 is 0. The van der Waals surface area contributed by atoms with Crippen molar-refractivity contribution in [1.29, 1.82) is 0 Å². The lowest BCUT2D eigenvalue weighted by Gasteiger charge is -2.28. The Labute approximate surface area is 104 Å². The maximum Gasteiger partial charge on any atom is 0.111 e. The van der Waals surface area contributed by atoms with Crippen molar-refractivity contribution in [3.05, 3.63) is 36.0 Å². The normalized spacial score (nSPS) is 19.6. The molecule has 0 aliphatic heterocycles. The molecule has 0 amide bonds. The molecule has 17 heavy (non-hydrogen) atoms. The summed E-state index contributed by atoms with van der Waals surface area (Å²) in [5.41, 5.74) is 6.98. The van der Waals surface area contributed by atoms with E-state index in [9.17, 15) is 4.39 Å². The molecule has 1 aliphatic rings. The largest absolute Gasteiger partial charge is 0.402 e. The van der Waals surface area contributed by atoms with E-state index in [-0.39, 0.29) is 11.7 Å². The summed E-state index contributed by atoms with van der Waals surface area (Å²) in [5.74, 6) is -0.490. The van der Waals surface area contributed by atoms with Gasteiger partial charge in [0.15, 0.2) is 0 Å². The average molecular weight is 238 g/mol. The number of halogens is 1. The molecule has 0 saturated heterocycles. The van der Waals surface area contributed by atoms with E-state index in [0.29, 0.717) is 12.1 Å². The van der Waals surface area contributed by atoms with Crippen LogP contribution in [0.2, 0.25) is 0 Å². The first kappa shape index (κ1) is 13.8. The van der Waals surface area contributed by atoms with Crippen molar-refractivity contribution >= 4 is 0 Å². The van der Waals surface area contributed by atoms with Crippen LogP contribution in [0.1, 0.15) is 33.1 Å². The van der Waals surface area contributed by atoms with Gasteiger partial charge in [-0.3, -0.25) is 0 Å². The van der Waals surface area contributed by atoms with Crippen LogP contribution in [0, 0.1) is 5.92 Å². The van der Waals surface area contributed by atoms with Crippen LogP contribution in [-0.2, 0) is 0 Å². The molecular weight excluding hydrogens is 215 g/mol. The molecule has 1 atom stereocenters. The zero-order chi connectivity index (χ0) is 12.8. The SMILES string of the molecule is C=C(N)C1CC=C(N(CCC)CCC)C=C1F. The zero-order valence-electron chi connectivity index (χ0n) is 10.9. The molecule has 0 fully saturated rings. The van der Waals surface area contributed by atoms with Gasteiger partial charge in [0.1, 0.15) is 5.83 Å². The molecule has 2 N–H and O–H groups in total. The first-order valence-electron chi connectivity index (χ1n) is 6.36. The molecule has 0 heterocycles. The molecular formula is C14H23FN2. The summed E-state index contributed by atoms with van der Waals surface area (Å²) in [6.07, 6.45) is 6.44. The molecule has 0 radical (unpaired) electrons.